The molecular weight excluding hydrogens is 1170 g/mol. The van der Waals surface area contributed by atoms with Crippen molar-refractivity contribution in [3.63, 3.8) is 0 Å². The van der Waals surface area contributed by atoms with Crippen LogP contribution in [-0.4, -0.2) is 176 Å². The van der Waals surface area contributed by atoms with E-state index in [1.165, 1.54) is 23.0 Å². The number of nitrogens with one attached hydrogen (secondary N) is 6. The smallest absolute Gasteiger partial charge is 0.345 e. The molecule has 25 nitrogen and oxygen atoms in total. The third-order valence-corrected chi connectivity index (χ3v) is 16.6. The molecule has 4 saturated heterocycles. The first-order chi connectivity index (χ1) is 42.9. The maximum absolute atomic E-state index is 13.8. The number of carbonyl (C=O) groups excluding carboxylic acids is 7. The number of ether oxygens (including phenoxy) is 5. The monoisotopic (exact) mass is 1260 g/mol. The Balaban J connectivity index is 0.000000235. The molecule has 4 aromatic rings. The lowest BCUT2D eigenvalue weighted by molar-refractivity contribution is -0.224. The van der Waals surface area contributed by atoms with Crippen molar-refractivity contribution in [2.45, 2.75) is 180 Å². The number of cyclic esters (lactones) is 1. The van der Waals surface area contributed by atoms with E-state index in [-0.39, 0.29) is 44.2 Å². The standard InChI is InChI=1S/C33H45N5O8.C33H43N5O7/c1-19(2)27(39)29(41)35-21(4)30(42)38-15-7-8-25(37-38)28(40)34-20(3)24-12-11-23-10-9-22(16-26(23)36-24)13-14-33(31(43)44)18-45-32(5,6)17-46-33;1-19(2)27-29(40)35-21(4)30(41)38-15-7-8-25(37-38)28(39)34-20(3)24-12-11-23-10-9-22(16-26(23)36-24)13-14-33(31(42)45-27)18-43-32(5,6)17-44-33/h9-14,16,19-21,25,27,37,39H,7-8,15,17-18H2,1-6H3,(H,34,40)(H,35,41)(H,43,44);9-14,16,19-21,25,27,37H,7-8,15,17-18H2,1-6H3,(H,34,39)(H,35,40)/b2*14-13+/t2*20-,21+,25+,27+,33?/m11/s1. The molecule has 9 rings (SSSR count). The minimum Gasteiger partial charge on any atom is -0.479 e. The lowest BCUT2D eigenvalue weighted by Gasteiger charge is -2.41. The molecule has 4 fully saturated rings. The Hall–Kier alpha value is -7.78. The van der Waals surface area contributed by atoms with Crippen molar-refractivity contribution >= 4 is 81.3 Å². The quantitative estimate of drug-likeness (QED) is 0.0947. The Labute approximate surface area is 530 Å². The van der Waals surface area contributed by atoms with Gasteiger partial charge in [0.1, 0.15) is 30.3 Å². The first-order valence-corrected chi connectivity index (χ1v) is 31.1. The number of aromatic nitrogens is 2. The molecule has 5 aliphatic rings. The SMILES string of the molecule is CC(C)[C@@H]1OC(=O)C2(/C=C/c3ccc4ccc(nc4c3)[C@@H](C)NC(=O)[C@@H]3CCCN(N3)C(=O)[C@H](C)NC1=O)COC(C)(C)CO2.CC(C)[C@H](O)C(=O)N[C@@H](C)C(=O)N1CCC[C@@H](C(=O)N[C@H](C)c2ccc3ccc(/C=C/C4(C(=O)O)COC(C)(C)CO4)cc3n2)N1. The molecule has 1 spiro atoms. The maximum Gasteiger partial charge on any atom is 0.345 e. The van der Waals surface area contributed by atoms with Crippen LogP contribution in [0.5, 0.6) is 0 Å². The number of carbonyl (C=O) groups is 8. The Morgan fingerprint density at radius 1 is 0.725 bits per heavy atom. The molecule has 2 aromatic carbocycles. The number of esters is 1. The molecule has 91 heavy (non-hydrogen) atoms. The molecule has 2 aromatic heterocycles. The van der Waals surface area contributed by atoms with Gasteiger partial charge in [0, 0.05) is 23.9 Å². The van der Waals surface area contributed by atoms with Crippen LogP contribution < -0.4 is 32.1 Å². The van der Waals surface area contributed by atoms with Gasteiger partial charge in [0.25, 0.3) is 17.7 Å². The van der Waals surface area contributed by atoms with Gasteiger partial charge < -0.3 is 55.2 Å². The van der Waals surface area contributed by atoms with Crippen molar-refractivity contribution in [3.8, 4) is 0 Å². The topological polar surface area (TPSA) is 328 Å². The predicted octanol–water partition coefficient (Wildman–Crippen LogP) is 4.66. The lowest BCUT2D eigenvalue weighted by Crippen LogP contribution is -2.61. The van der Waals surface area contributed by atoms with Gasteiger partial charge in [0.15, 0.2) is 6.10 Å². The second-order valence-corrected chi connectivity index (χ2v) is 26.1. The van der Waals surface area contributed by atoms with Crippen LogP contribution >= 0.6 is 0 Å². The number of aliphatic carboxylic acids is 1. The number of rotatable bonds is 11. The summed E-state index contributed by atoms with van der Waals surface area (Å²) in [6.45, 7) is 21.9. The van der Waals surface area contributed by atoms with Gasteiger partial charge in [-0.25, -0.2) is 20.4 Å². The number of amides is 6. The van der Waals surface area contributed by atoms with Gasteiger partial charge in [-0.15, -0.1) is 0 Å². The van der Waals surface area contributed by atoms with E-state index in [9.17, 15) is 48.6 Å². The van der Waals surface area contributed by atoms with E-state index in [1.54, 1.807) is 52.8 Å². The van der Waals surface area contributed by atoms with Crippen LogP contribution in [0.2, 0.25) is 0 Å². The van der Waals surface area contributed by atoms with Gasteiger partial charge in [-0.2, -0.15) is 0 Å². The first kappa shape index (κ1) is 69.1. The molecule has 0 aliphatic carbocycles. The lowest BCUT2D eigenvalue weighted by atomic mass is 9.98. The van der Waals surface area contributed by atoms with E-state index in [1.807, 2.05) is 102 Å². The maximum atomic E-state index is 13.8. The molecule has 0 saturated carbocycles. The van der Waals surface area contributed by atoms with Crippen LogP contribution in [0, 0.1) is 11.8 Å². The number of hydrogen-bond acceptors (Lipinski definition) is 18. The molecule has 8 N–H and O–H groups in total. The van der Waals surface area contributed by atoms with Crippen molar-refractivity contribution in [2.75, 3.05) is 39.5 Å². The van der Waals surface area contributed by atoms with Gasteiger partial charge >= 0.3 is 11.9 Å². The summed E-state index contributed by atoms with van der Waals surface area (Å²) in [7, 11) is 0. The molecule has 5 bridgehead atoms. The summed E-state index contributed by atoms with van der Waals surface area (Å²) in [6.07, 6.45) is 6.33. The van der Waals surface area contributed by atoms with Crippen LogP contribution in [0.1, 0.15) is 143 Å². The van der Waals surface area contributed by atoms with E-state index in [2.05, 4.69) is 32.1 Å². The fourth-order valence-corrected chi connectivity index (χ4v) is 10.6. The second-order valence-electron chi connectivity index (χ2n) is 26.1. The molecule has 6 amide bonds. The Morgan fingerprint density at radius 3 is 2.03 bits per heavy atom. The summed E-state index contributed by atoms with van der Waals surface area (Å²) in [4.78, 5) is 114. The van der Waals surface area contributed by atoms with Crippen LogP contribution in [0.4, 0.5) is 0 Å². The van der Waals surface area contributed by atoms with Crippen molar-refractivity contribution in [1.82, 2.24) is 52.1 Å². The number of carboxylic acids is 1. The average molecular weight is 1260 g/mol. The number of aliphatic hydroxyl groups excluding tert-OH is 1. The zero-order valence-corrected chi connectivity index (χ0v) is 53.9. The van der Waals surface area contributed by atoms with Gasteiger partial charge in [-0.1, -0.05) is 76.2 Å². The highest BCUT2D eigenvalue weighted by molar-refractivity contribution is 5.93. The third-order valence-electron chi connectivity index (χ3n) is 16.6. The molecule has 0 radical (unpaired) electrons. The van der Waals surface area contributed by atoms with Crippen LogP contribution in [0.15, 0.2) is 72.8 Å². The molecule has 492 valence electrons. The summed E-state index contributed by atoms with van der Waals surface area (Å²) in [5, 5.41) is 35.5. The van der Waals surface area contributed by atoms with Crippen molar-refractivity contribution in [1.29, 1.82) is 0 Å². The number of hydrazine groups is 2. The minimum absolute atomic E-state index is 0.112. The van der Waals surface area contributed by atoms with E-state index >= 15 is 0 Å². The highest BCUT2D eigenvalue weighted by atomic mass is 16.6. The third kappa shape index (κ3) is 17.0. The van der Waals surface area contributed by atoms with Crippen molar-refractivity contribution in [3.05, 3.63) is 95.3 Å². The summed E-state index contributed by atoms with van der Waals surface area (Å²) in [5.41, 5.74) is 5.76. The number of carboxylic acid groups (broad SMARTS) is 1. The number of nitrogens with zero attached hydrogens (tertiary/aromatic N) is 4. The van der Waals surface area contributed by atoms with Crippen LogP contribution in [0.25, 0.3) is 34.0 Å². The molecular formula is C66H88N10O15. The van der Waals surface area contributed by atoms with Gasteiger partial charge in [0.2, 0.25) is 28.9 Å². The largest absolute Gasteiger partial charge is 0.479 e. The van der Waals surface area contributed by atoms with Gasteiger partial charge in [-0.05, 0) is 140 Å². The van der Waals surface area contributed by atoms with Crippen molar-refractivity contribution in [2.24, 2.45) is 11.8 Å². The summed E-state index contributed by atoms with van der Waals surface area (Å²) < 4.78 is 29.5. The highest BCUT2D eigenvalue weighted by Gasteiger charge is 2.49. The van der Waals surface area contributed by atoms with E-state index < -0.39 is 112 Å². The first-order valence-electron chi connectivity index (χ1n) is 31.1. The molecule has 10 atom stereocenters. The van der Waals surface area contributed by atoms with Crippen molar-refractivity contribution < 1.29 is 72.3 Å². The molecule has 5 aliphatic heterocycles. The fourth-order valence-electron chi connectivity index (χ4n) is 10.6. The second kappa shape index (κ2) is 28.8. The highest BCUT2D eigenvalue weighted by Crippen LogP contribution is 2.32. The number of hydrogen-bond donors (Lipinski definition) is 8. The summed E-state index contributed by atoms with van der Waals surface area (Å²) in [5.74, 6) is -5.21. The zero-order chi connectivity index (χ0) is 66.3. The van der Waals surface area contributed by atoms with Crippen LogP contribution in [-0.2, 0) is 62.0 Å². The van der Waals surface area contributed by atoms with E-state index in [0.29, 0.717) is 61.2 Å². The van der Waals surface area contributed by atoms with Gasteiger partial charge in [-0.3, -0.25) is 48.8 Å². The summed E-state index contributed by atoms with van der Waals surface area (Å²) in [6, 6.07) is 14.8. The number of benzene rings is 2. The summed E-state index contributed by atoms with van der Waals surface area (Å²) >= 11 is 0. The van der Waals surface area contributed by atoms with Gasteiger partial charge in [0.05, 0.1) is 72.1 Å². The zero-order valence-electron chi connectivity index (χ0n) is 53.9. The predicted molar refractivity (Wildman–Crippen MR) is 336 cm³/mol. The Morgan fingerprint density at radius 2 is 1.37 bits per heavy atom. The Bertz CT molecular complexity index is 3420. The number of fused-ring (bicyclic) bond motifs is 5. The Kier molecular flexibility index (Phi) is 21.9. The van der Waals surface area contributed by atoms with E-state index in [0.717, 1.165) is 21.9 Å². The molecule has 2 unspecified atom stereocenters. The number of pyridine rings is 2. The fraction of sp³-hybridized carbons (Fsp3) is 0.545. The molecule has 25 heteroatoms. The molecule has 7 heterocycles. The number of aliphatic hydroxyl groups is 1. The normalized spacial score (nSPS) is 27.0. The van der Waals surface area contributed by atoms with E-state index in [4.69, 9.17) is 33.7 Å². The van der Waals surface area contributed by atoms with Crippen LogP contribution in [0.3, 0.4) is 0 Å². The average Bonchev–Trinajstić information content (AvgIpc) is 1.65. The minimum atomic E-state index is -1.61.